The van der Waals surface area contributed by atoms with Gasteiger partial charge in [-0.15, -0.1) is 0 Å². The number of hydrogen-bond donors (Lipinski definition) is 2. The first-order chi connectivity index (χ1) is 8.38. The minimum absolute atomic E-state index is 0.187. The molecular formula is C13H16N2O2S. The number of hydrogen-bond acceptors (Lipinski definition) is 3. The fraction of sp³-hybridized carbons (Fsp3) is 0.385. The van der Waals surface area contributed by atoms with Crippen molar-refractivity contribution in [1.82, 2.24) is 10.3 Å². The Labute approximate surface area is 111 Å². The Bertz CT molecular complexity index is 590. The molecule has 0 radical (unpaired) electrons. The van der Waals surface area contributed by atoms with E-state index in [-0.39, 0.29) is 10.7 Å². The van der Waals surface area contributed by atoms with Crippen LogP contribution in [-0.2, 0) is 5.41 Å². The third-order valence-electron chi connectivity index (χ3n) is 2.96. The fourth-order valence-corrected chi connectivity index (χ4v) is 1.94. The highest BCUT2D eigenvalue weighted by Gasteiger charge is 2.22. The van der Waals surface area contributed by atoms with Crippen LogP contribution in [0.3, 0.4) is 0 Å². The van der Waals surface area contributed by atoms with E-state index in [9.17, 15) is 4.79 Å². The number of oxazole rings is 1. The fourth-order valence-electron chi connectivity index (χ4n) is 1.86. The predicted molar refractivity (Wildman–Crippen MR) is 74.2 cm³/mol. The Kier molecular flexibility index (Phi) is 3.34. The van der Waals surface area contributed by atoms with Crippen molar-refractivity contribution in [3.8, 4) is 0 Å². The van der Waals surface area contributed by atoms with Crippen LogP contribution in [0, 0.1) is 6.92 Å². The number of aromatic nitrogens is 1. The van der Waals surface area contributed by atoms with Crippen molar-refractivity contribution in [1.29, 1.82) is 0 Å². The van der Waals surface area contributed by atoms with E-state index in [1.54, 1.807) is 0 Å². The Hall–Kier alpha value is -1.49. The minimum Gasteiger partial charge on any atom is -0.441 e. The Morgan fingerprint density at radius 1 is 1.50 bits per heavy atom. The standard InChI is InChI=1S/C13H16N2O2S/c1-8-15-10-5-4-9(6-11(10)17-8)13(2,3)7-14-12(16)18/h4-6H,7H2,1-3H3,(H2,14,16,18). The first kappa shape index (κ1) is 13.0. The van der Waals surface area contributed by atoms with Crippen LogP contribution in [0.15, 0.2) is 22.6 Å². The summed E-state index contributed by atoms with van der Waals surface area (Å²) in [5.41, 5.74) is 2.53. The lowest BCUT2D eigenvalue weighted by molar-refractivity contribution is 0.259. The van der Waals surface area contributed by atoms with Crippen molar-refractivity contribution in [2.75, 3.05) is 6.54 Å². The number of thiol groups is 1. The molecule has 1 aromatic heterocycles. The van der Waals surface area contributed by atoms with Gasteiger partial charge in [0.15, 0.2) is 11.5 Å². The molecule has 1 aromatic carbocycles. The lowest BCUT2D eigenvalue weighted by atomic mass is 9.84. The number of carbonyl (C=O) groups is 1. The van der Waals surface area contributed by atoms with E-state index in [1.165, 1.54) is 0 Å². The lowest BCUT2D eigenvalue weighted by Gasteiger charge is -2.25. The molecular weight excluding hydrogens is 248 g/mol. The summed E-state index contributed by atoms with van der Waals surface area (Å²) < 4.78 is 5.52. The Balaban J connectivity index is 2.31. The van der Waals surface area contributed by atoms with E-state index >= 15 is 0 Å². The molecule has 1 N–H and O–H groups in total. The van der Waals surface area contributed by atoms with Crippen molar-refractivity contribution in [2.24, 2.45) is 0 Å². The number of aryl methyl sites for hydroxylation is 1. The van der Waals surface area contributed by atoms with E-state index in [1.807, 2.05) is 25.1 Å². The molecule has 18 heavy (non-hydrogen) atoms. The van der Waals surface area contributed by atoms with Gasteiger partial charge in [-0.1, -0.05) is 32.5 Å². The summed E-state index contributed by atoms with van der Waals surface area (Å²) in [4.78, 5) is 15.1. The summed E-state index contributed by atoms with van der Waals surface area (Å²) >= 11 is 3.71. The van der Waals surface area contributed by atoms with Crippen LogP contribution in [0.5, 0.6) is 0 Å². The molecule has 0 unspecified atom stereocenters. The van der Waals surface area contributed by atoms with E-state index < -0.39 is 0 Å². The summed E-state index contributed by atoms with van der Waals surface area (Å²) in [5, 5.41) is 2.40. The van der Waals surface area contributed by atoms with Crippen LogP contribution in [0.1, 0.15) is 25.3 Å². The molecule has 0 spiro atoms. The summed E-state index contributed by atoms with van der Waals surface area (Å²) in [5.74, 6) is 0.656. The zero-order valence-corrected chi connectivity index (χ0v) is 11.5. The maximum atomic E-state index is 10.9. The van der Waals surface area contributed by atoms with Crippen molar-refractivity contribution in [2.45, 2.75) is 26.2 Å². The predicted octanol–water partition coefficient (Wildman–Crippen LogP) is 3.05. The molecule has 0 atom stereocenters. The van der Waals surface area contributed by atoms with Gasteiger partial charge in [0, 0.05) is 18.9 Å². The molecule has 0 aliphatic heterocycles. The molecule has 0 fully saturated rings. The normalized spacial score (nSPS) is 11.8. The monoisotopic (exact) mass is 264 g/mol. The number of amides is 1. The van der Waals surface area contributed by atoms with Crippen LogP contribution in [0.4, 0.5) is 4.79 Å². The maximum Gasteiger partial charge on any atom is 0.276 e. The van der Waals surface area contributed by atoms with Gasteiger partial charge in [0.05, 0.1) is 0 Å². The van der Waals surface area contributed by atoms with Crippen LogP contribution >= 0.6 is 12.6 Å². The lowest BCUT2D eigenvalue weighted by Crippen LogP contribution is -2.34. The average molecular weight is 264 g/mol. The van der Waals surface area contributed by atoms with Gasteiger partial charge < -0.3 is 9.73 Å². The van der Waals surface area contributed by atoms with Crippen LogP contribution in [-0.4, -0.2) is 16.8 Å². The van der Waals surface area contributed by atoms with Gasteiger partial charge in [-0.05, 0) is 17.7 Å². The number of benzene rings is 1. The van der Waals surface area contributed by atoms with E-state index in [4.69, 9.17) is 4.42 Å². The molecule has 1 heterocycles. The van der Waals surface area contributed by atoms with Crippen molar-refractivity contribution in [3.05, 3.63) is 29.7 Å². The zero-order chi connectivity index (χ0) is 13.3. The largest absolute Gasteiger partial charge is 0.441 e. The average Bonchev–Trinajstić information content (AvgIpc) is 2.65. The Morgan fingerprint density at radius 2 is 2.22 bits per heavy atom. The smallest absolute Gasteiger partial charge is 0.276 e. The summed E-state index contributed by atoms with van der Waals surface area (Å²) in [7, 11) is 0. The topological polar surface area (TPSA) is 55.1 Å². The highest BCUT2D eigenvalue weighted by Crippen LogP contribution is 2.26. The summed E-state index contributed by atoms with van der Waals surface area (Å²) in [6, 6.07) is 5.92. The SMILES string of the molecule is Cc1nc2ccc(C(C)(C)CNC(=O)S)cc2o1. The molecule has 0 bridgehead atoms. The molecule has 2 rings (SSSR count). The van der Waals surface area contributed by atoms with Crippen LogP contribution in [0.25, 0.3) is 11.1 Å². The second kappa shape index (κ2) is 4.65. The maximum absolute atomic E-state index is 10.9. The molecule has 96 valence electrons. The van der Waals surface area contributed by atoms with Gasteiger partial charge in [0.2, 0.25) is 0 Å². The molecule has 1 amide bonds. The highest BCUT2D eigenvalue weighted by molar-refractivity contribution is 7.96. The van der Waals surface area contributed by atoms with Gasteiger partial charge >= 0.3 is 0 Å². The number of nitrogens with one attached hydrogen (secondary N) is 1. The third kappa shape index (κ3) is 2.67. The van der Waals surface area contributed by atoms with E-state index in [2.05, 4.69) is 36.8 Å². The Morgan fingerprint density at radius 3 is 2.89 bits per heavy atom. The van der Waals surface area contributed by atoms with Gasteiger partial charge in [-0.25, -0.2) is 4.98 Å². The minimum atomic E-state index is -0.320. The molecule has 0 saturated carbocycles. The molecule has 0 saturated heterocycles. The van der Waals surface area contributed by atoms with Crippen LogP contribution < -0.4 is 5.32 Å². The summed E-state index contributed by atoms with van der Waals surface area (Å²) in [6.45, 7) is 6.46. The number of carbonyl (C=O) groups excluding carboxylic acids is 1. The zero-order valence-electron chi connectivity index (χ0n) is 10.7. The summed E-state index contributed by atoms with van der Waals surface area (Å²) in [6.07, 6.45) is 0. The third-order valence-corrected chi connectivity index (χ3v) is 3.12. The number of nitrogens with zero attached hydrogens (tertiary/aromatic N) is 1. The quantitative estimate of drug-likeness (QED) is 0.838. The second-order valence-electron chi connectivity index (χ2n) is 4.96. The van der Waals surface area contributed by atoms with E-state index in [0.717, 1.165) is 16.7 Å². The van der Waals surface area contributed by atoms with E-state index in [0.29, 0.717) is 12.4 Å². The number of rotatable bonds is 3. The molecule has 5 heteroatoms. The first-order valence-electron chi connectivity index (χ1n) is 5.73. The number of fused-ring (bicyclic) bond motifs is 1. The van der Waals surface area contributed by atoms with Gasteiger partial charge in [0.25, 0.3) is 5.24 Å². The molecule has 4 nitrogen and oxygen atoms in total. The van der Waals surface area contributed by atoms with Gasteiger partial charge in [-0.3, -0.25) is 4.79 Å². The second-order valence-corrected chi connectivity index (χ2v) is 5.36. The van der Waals surface area contributed by atoms with Gasteiger partial charge in [-0.2, -0.15) is 0 Å². The van der Waals surface area contributed by atoms with Crippen LogP contribution in [0.2, 0.25) is 0 Å². The molecule has 0 aliphatic rings. The van der Waals surface area contributed by atoms with Crippen molar-refractivity contribution >= 4 is 29.0 Å². The van der Waals surface area contributed by atoms with Gasteiger partial charge in [0.1, 0.15) is 5.52 Å². The molecule has 0 aliphatic carbocycles. The molecule has 2 aromatic rings. The first-order valence-corrected chi connectivity index (χ1v) is 6.18. The van der Waals surface area contributed by atoms with Crippen molar-refractivity contribution in [3.63, 3.8) is 0 Å². The highest BCUT2D eigenvalue weighted by atomic mass is 32.1. The van der Waals surface area contributed by atoms with Crippen molar-refractivity contribution < 1.29 is 9.21 Å².